The minimum absolute atomic E-state index is 0.606. The fourth-order valence-corrected chi connectivity index (χ4v) is 1.06. The van der Waals surface area contributed by atoms with Gasteiger partial charge in [0.15, 0.2) is 5.82 Å². The first-order chi connectivity index (χ1) is 5.40. The fraction of sp³-hybridized carbons (Fsp3) is 0.125. The number of rotatable bonds is 0. The topological polar surface area (TPSA) is 49.0 Å². The first-order valence-corrected chi connectivity index (χ1v) is 3.32. The molecule has 2 rings (SSSR count). The van der Waals surface area contributed by atoms with E-state index in [2.05, 4.69) is 9.98 Å². The van der Waals surface area contributed by atoms with Crippen LogP contribution in [0.2, 0.25) is 0 Å². The van der Waals surface area contributed by atoms with Crippen LogP contribution in [0, 0.1) is 11.3 Å². The van der Waals surface area contributed by atoms with Crippen LogP contribution >= 0.6 is 0 Å². The molecule has 0 aromatic carbocycles. The standard InChI is InChI=1S/C8H5N3/c9-4-6-3-7-1-2-10-8(7)11-5-6/h2-3,5H,1H2. The molecule has 52 valence electrons. The molecule has 1 aliphatic heterocycles. The first-order valence-electron chi connectivity index (χ1n) is 3.32. The number of hydrogen-bond donors (Lipinski definition) is 0. The Morgan fingerprint density at radius 2 is 2.45 bits per heavy atom. The lowest BCUT2D eigenvalue weighted by molar-refractivity contribution is 1.23. The van der Waals surface area contributed by atoms with E-state index in [1.165, 1.54) is 0 Å². The van der Waals surface area contributed by atoms with Gasteiger partial charge in [-0.25, -0.2) is 9.98 Å². The summed E-state index contributed by atoms with van der Waals surface area (Å²) in [6, 6.07) is 3.87. The molecule has 0 bridgehead atoms. The molecule has 2 heterocycles. The summed E-state index contributed by atoms with van der Waals surface area (Å²) in [5, 5.41) is 8.54. The van der Waals surface area contributed by atoms with Crippen LogP contribution in [0.5, 0.6) is 0 Å². The second kappa shape index (κ2) is 2.17. The SMILES string of the molecule is N#Cc1cnc2c(c1)CC=N2. The summed E-state index contributed by atoms with van der Waals surface area (Å²) in [5.74, 6) is 0.754. The molecule has 0 spiro atoms. The summed E-state index contributed by atoms with van der Waals surface area (Å²) >= 11 is 0. The van der Waals surface area contributed by atoms with Crippen LogP contribution in [0.4, 0.5) is 5.82 Å². The molecular weight excluding hydrogens is 138 g/mol. The Hall–Kier alpha value is -1.69. The third-order valence-corrected chi connectivity index (χ3v) is 1.60. The lowest BCUT2D eigenvalue weighted by atomic mass is 10.2. The van der Waals surface area contributed by atoms with Crippen molar-refractivity contribution < 1.29 is 0 Å². The van der Waals surface area contributed by atoms with Gasteiger partial charge in [-0.15, -0.1) is 0 Å². The van der Waals surface area contributed by atoms with Crippen LogP contribution in [-0.4, -0.2) is 11.2 Å². The average Bonchev–Trinajstić information content (AvgIpc) is 2.50. The van der Waals surface area contributed by atoms with Gasteiger partial charge >= 0.3 is 0 Å². The number of aliphatic imine (C=N–C) groups is 1. The molecule has 1 aromatic rings. The maximum absolute atomic E-state index is 8.54. The van der Waals surface area contributed by atoms with E-state index < -0.39 is 0 Å². The number of fused-ring (bicyclic) bond motifs is 1. The van der Waals surface area contributed by atoms with Crippen molar-refractivity contribution in [1.29, 1.82) is 5.26 Å². The van der Waals surface area contributed by atoms with E-state index in [0.717, 1.165) is 17.8 Å². The van der Waals surface area contributed by atoms with Crippen molar-refractivity contribution in [2.75, 3.05) is 0 Å². The van der Waals surface area contributed by atoms with Crippen LogP contribution in [0.1, 0.15) is 11.1 Å². The molecule has 0 atom stereocenters. The molecule has 0 aliphatic carbocycles. The van der Waals surface area contributed by atoms with E-state index in [1.807, 2.05) is 12.1 Å². The van der Waals surface area contributed by atoms with Crippen molar-refractivity contribution in [3.63, 3.8) is 0 Å². The minimum Gasteiger partial charge on any atom is -0.241 e. The normalized spacial score (nSPS) is 12.6. The molecule has 0 saturated carbocycles. The van der Waals surface area contributed by atoms with E-state index in [0.29, 0.717) is 5.56 Å². The summed E-state index contributed by atoms with van der Waals surface area (Å²) in [6.07, 6.45) is 4.15. The molecule has 0 fully saturated rings. The third kappa shape index (κ3) is 0.887. The van der Waals surface area contributed by atoms with Gasteiger partial charge in [0.05, 0.1) is 5.56 Å². The van der Waals surface area contributed by atoms with E-state index in [9.17, 15) is 0 Å². The maximum Gasteiger partial charge on any atom is 0.155 e. The Labute approximate surface area is 64.0 Å². The third-order valence-electron chi connectivity index (χ3n) is 1.60. The molecule has 0 unspecified atom stereocenters. The predicted octanol–water partition coefficient (Wildman–Crippen LogP) is 1.21. The van der Waals surface area contributed by atoms with E-state index in [1.54, 1.807) is 12.4 Å². The highest BCUT2D eigenvalue weighted by Crippen LogP contribution is 2.20. The van der Waals surface area contributed by atoms with Gasteiger partial charge in [-0.2, -0.15) is 5.26 Å². The summed E-state index contributed by atoms with van der Waals surface area (Å²) in [4.78, 5) is 8.04. The van der Waals surface area contributed by atoms with Gasteiger partial charge in [0.2, 0.25) is 0 Å². The van der Waals surface area contributed by atoms with E-state index >= 15 is 0 Å². The molecule has 0 radical (unpaired) electrons. The molecule has 1 aromatic heterocycles. The number of pyridine rings is 1. The highest BCUT2D eigenvalue weighted by molar-refractivity contribution is 5.74. The van der Waals surface area contributed by atoms with Crippen LogP contribution < -0.4 is 0 Å². The smallest absolute Gasteiger partial charge is 0.155 e. The van der Waals surface area contributed by atoms with Gasteiger partial charge in [0.1, 0.15) is 6.07 Å². The van der Waals surface area contributed by atoms with E-state index in [-0.39, 0.29) is 0 Å². The Morgan fingerprint density at radius 3 is 3.27 bits per heavy atom. The number of hydrogen-bond acceptors (Lipinski definition) is 3. The molecule has 3 nitrogen and oxygen atoms in total. The fourth-order valence-electron chi connectivity index (χ4n) is 1.06. The number of nitriles is 1. The van der Waals surface area contributed by atoms with Crippen molar-refractivity contribution in [1.82, 2.24) is 4.98 Å². The lowest BCUT2D eigenvalue weighted by Gasteiger charge is -1.93. The number of aromatic nitrogens is 1. The summed E-state index contributed by atoms with van der Waals surface area (Å²) in [6.45, 7) is 0. The largest absolute Gasteiger partial charge is 0.241 e. The average molecular weight is 143 g/mol. The maximum atomic E-state index is 8.54. The first kappa shape index (κ1) is 6.05. The quantitative estimate of drug-likeness (QED) is 0.548. The van der Waals surface area contributed by atoms with E-state index in [4.69, 9.17) is 5.26 Å². The Morgan fingerprint density at radius 1 is 1.55 bits per heavy atom. The van der Waals surface area contributed by atoms with Gasteiger partial charge < -0.3 is 0 Å². The second-order valence-electron chi connectivity index (χ2n) is 2.33. The second-order valence-corrected chi connectivity index (χ2v) is 2.33. The summed E-state index contributed by atoms with van der Waals surface area (Å²) in [5.41, 5.74) is 1.65. The van der Waals surface area contributed by atoms with Gasteiger partial charge in [-0.05, 0) is 6.07 Å². The molecule has 11 heavy (non-hydrogen) atoms. The Bertz CT molecular complexity index is 360. The minimum atomic E-state index is 0.606. The van der Waals surface area contributed by atoms with Gasteiger partial charge in [-0.3, -0.25) is 0 Å². The van der Waals surface area contributed by atoms with Crippen molar-refractivity contribution in [2.45, 2.75) is 6.42 Å². The highest BCUT2D eigenvalue weighted by Gasteiger charge is 2.07. The van der Waals surface area contributed by atoms with Crippen LogP contribution in [0.15, 0.2) is 17.3 Å². The highest BCUT2D eigenvalue weighted by atomic mass is 14.9. The molecule has 3 heteroatoms. The van der Waals surface area contributed by atoms with Crippen molar-refractivity contribution >= 4 is 12.0 Å². The van der Waals surface area contributed by atoms with Crippen LogP contribution in [-0.2, 0) is 6.42 Å². The Balaban J connectivity index is 2.56. The predicted molar refractivity (Wildman–Crippen MR) is 40.8 cm³/mol. The number of nitrogens with zero attached hydrogens (tertiary/aromatic N) is 3. The lowest BCUT2D eigenvalue weighted by Crippen LogP contribution is -1.83. The summed E-state index contributed by atoms with van der Waals surface area (Å²) < 4.78 is 0. The Kier molecular flexibility index (Phi) is 1.19. The zero-order chi connectivity index (χ0) is 7.68. The monoisotopic (exact) mass is 143 g/mol. The zero-order valence-corrected chi connectivity index (χ0v) is 5.78. The molecule has 1 aliphatic rings. The molecule has 0 N–H and O–H groups in total. The summed E-state index contributed by atoms with van der Waals surface area (Å²) in [7, 11) is 0. The zero-order valence-electron chi connectivity index (χ0n) is 5.78. The van der Waals surface area contributed by atoms with Gasteiger partial charge in [0.25, 0.3) is 0 Å². The molecule has 0 saturated heterocycles. The van der Waals surface area contributed by atoms with Crippen LogP contribution in [0.3, 0.4) is 0 Å². The van der Waals surface area contributed by atoms with Gasteiger partial charge in [0, 0.05) is 24.4 Å². The van der Waals surface area contributed by atoms with Crippen molar-refractivity contribution in [3.8, 4) is 6.07 Å². The molecule has 0 amide bonds. The van der Waals surface area contributed by atoms with Crippen LogP contribution in [0.25, 0.3) is 0 Å². The van der Waals surface area contributed by atoms with Crippen molar-refractivity contribution in [2.24, 2.45) is 4.99 Å². The van der Waals surface area contributed by atoms with Gasteiger partial charge in [-0.1, -0.05) is 0 Å². The van der Waals surface area contributed by atoms with Crippen molar-refractivity contribution in [3.05, 3.63) is 23.4 Å². The molecular formula is C8H5N3.